The van der Waals surface area contributed by atoms with Gasteiger partial charge in [-0.25, -0.2) is 4.79 Å². The number of tetrazole rings is 1. The SMILES string of the molecule is Cn1nnn(-c2cccc(OC(F)F)c2COc2ccc(S)cc2Cl)c1=O. The van der Waals surface area contributed by atoms with Crippen LogP contribution in [0.2, 0.25) is 5.02 Å². The van der Waals surface area contributed by atoms with Gasteiger partial charge in [-0.3, -0.25) is 0 Å². The van der Waals surface area contributed by atoms with Gasteiger partial charge < -0.3 is 9.47 Å². The van der Waals surface area contributed by atoms with Crippen molar-refractivity contribution in [2.24, 2.45) is 7.05 Å². The highest BCUT2D eigenvalue weighted by Crippen LogP contribution is 2.31. The molecule has 2 aromatic carbocycles. The molecule has 0 N–H and O–H groups in total. The van der Waals surface area contributed by atoms with Crippen LogP contribution in [0.5, 0.6) is 11.5 Å². The number of nitrogens with zero attached hydrogens (tertiary/aromatic N) is 4. The second-order valence-corrected chi connectivity index (χ2v) is 6.26. The molecule has 0 radical (unpaired) electrons. The van der Waals surface area contributed by atoms with Crippen LogP contribution in [0, 0.1) is 0 Å². The Morgan fingerprint density at radius 3 is 2.63 bits per heavy atom. The first-order chi connectivity index (χ1) is 12.9. The van der Waals surface area contributed by atoms with Crippen LogP contribution in [0.1, 0.15) is 5.56 Å². The molecule has 0 aliphatic carbocycles. The molecule has 7 nitrogen and oxygen atoms in total. The summed E-state index contributed by atoms with van der Waals surface area (Å²) in [7, 11) is 1.42. The maximum absolute atomic E-state index is 12.8. The van der Waals surface area contributed by atoms with Gasteiger partial charge in [-0.15, -0.1) is 12.6 Å². The normalized spacial score (nSPS) is 11.0. The Balaban J connectivity index is 2.02. The fourth-order valence-electron chi connectivity index (χ4n) is 2.33. The fourth-order valence-corrected chi connectivity index (χ4v) is 2.84. The van der Waals surface area contributed by atoms with Gasteiger partial charge in [0.1, 0.15) is 18.1 Å². The van der Waals surface area contributed by atoms with Gasteiger partial charge in [0.05, 0.1) is 16.3 Å². The molecule has 0 fully saturated rings. The van der Waals surface area contributed by atoms with E-state index in [1.54, 1.807) is 18.2 Å². The lowest BCUT2D eigenvalue weighted by molar-refractivity contribution is -0.0508. The van der Waals surface area contributed by atoms with Crippen LogP contribution in [-0.4, -0.2) is 26.4 Å². The summed E-state index contributed by atoms with van der Waals surface area (Å²) >= 11 is 10.3. The average Bonchev–Trinajstić information content (AvgIpc) is 2.93. The first-order valence-corrected chi connectivity index (χ1v) is 8.36. The standard InChI is InChI=1S/C16H13ClF2N4O3S/c1-22-16(24)23(21-20-22)12-3-2-4-13(26-15(18)19)10(12)8-25-14-6-5-9(27)7-11(14)17/h2-7,15,27H,8H2,1H3. The molecule has 11 heteroatoms. The number of hydrogen-bond donors (Lipinski definition) is 1. The highest BCUT2D eigenvalue weighted by Gasteiger charge is 2.19. The second kappa shape index (κ2) is 7.97. The lowest BCUT2D eigenvalue weighted by atomic mass is 10.1. The van der Waals surface area contributed by atoms with E-state index in [0.717, 1.165) is 9.36 Å². The third-order valence-corrected chi connectivity index (χ3v) is 4.14. The summed E-state index contributed by atoms with van der Waals surface area (Å²) in [5.74, 6) is 0.167. The minimum Gasteiger partial charge on any atom is -0.487 e. The first kappa shape index (κ1) is 19.2. The molecule has 3 aromatic rings. The minimum atomic E-state index is -3.05. The zero-order chi connectivity index (χ0) is 19.6. The van der Waals surface area contributed by atoms with Gasteiger partial charge in [-0.1, -0.05) is 17.7 Å². The van der Waals surface area contributed by atoms with Crippen molar-refractivity contribution in [2.45, 2.75) is 18.1 Å². The van der Waals surface area contributed by atoms with E-state index in [9.17, 15) is 13.6 Å². The molecule has 0 atom stereocenters. The highest BCUT2D eigenvalue weighted by molar-refractivity contribution is 7.80. The van der Waals surface area contributed by atoms with Crippen LogP contribution >= 0.6 is 24.2 Å². The van der Waals surface area contributed by atoms with Crippen molar-refractivity contribution in [1.29, 1.82) is 0 Å². The zero-order valence-corrected chi connectivity index (χ0v) is 15.5. The lowest BCUT2D eigenvalue weighted by Crippen LogP contribution is -2.23. The smallest absolute Gasteiger partial charge is 0.387 e. The number of alkyl halides is 2. The number of hydrogen-bond acceptors (Lipinski definition) is 6. The molecule has 27 heavy (non-hydrogen) atoms. The van der Waals surface area contributed by atoms with Gasteiger partial charge in [0.15, 0.2) is 0 Å². The molecule has 142 valence electrons. The summed E-state index contributed by atoms with van der Waals surface area (Å²) in [5, 5.41) is 7.66. The van der Waals surface area contributed by atoms with Crippen molar-refractivity contribution >= 4 is 24.2 Å². The van der Waals surface area contributed by atoms with Crippen LogP contribution in [0.4, 0.5) is 8.78 Å². The summed E-state index contributed by atoms with van der Waals surface area (Å²) in [6, 6.07) is 9.16. The molecule has 0 aliphatic rings. The van der Waals surface area contributed by atoms with E-state index < -0.39 is 12.3 Å². The predicted octanol–water partition coefficient (Wildman–Crippen LogP) is 3.09. The second-order valence-electron chi connectivity index (χ2n) is 5.33. The number of thiol groups is 1. The van der Waals surface area contributed by atoms with Crippen LogP contribution < -0.4 is 15.2 Å². The van der Waals surface area contributed by atoms with Crippen molar-refractivity contribution in [3.8, 4) is 17.2 Å². The van der Waals surface area contributed by atoms with Gasteiger partial charge in [-0.05, 0) is 40.8 Å². The topological polar surface area (TPSA) is 71.2 Å². The van der Waals surface area contributed by atoms with Gasteiger partial charge in [-0.2, -0.15) is 18.1 Å². The maximum Gasteiger partial charge on any atom is 0.387 e. The van der Waals surface area contributed by atoms with Crippen molar-refractivity contribution in [1.82, 2.24) is 19.8 Å². The summed E-state index contributed by atoms with van der Waals surface area (Å²) in [4.78, 5) is 12.8. The number of rotatable bonds is 6. The van der Waals surface area contributed by atoms with Crippen LogP contribution in [-0.2, 0) is 13.7 Å². The minimum absolute atomic E-state index is 0.151. The summed E-state index contributed by atoms with van der Waals surface area (Å²) < 4.78 is 37.8. The fraction of sp³-hybridized carbons (Fsp3) is 0.188. The van der Waals surface area contributed by atoms with Crippen LogP contribution in [0.3, 0.4) is 0 Å². The Morgan fingerprint density at radius 1 is 1.22 bits per heavy atom. The molecule has 0 spiro atoms. The van der Waals surface area contributed by atoms with Crippen molar-refractivity contribution in [2.75, 3.05) is 0 Å². The molecule has 0 unspecified atom stereocenters. The summed E-state index contributed by atoms with van der Waals surface area (Å²) in [6.07, 6.45) is 0. The Bertz CT molecular complexity index is 1030. The Kier molecular flexibility index (Phi) is 5.66. The van der Waals surface area contributed by atoms with Crippen molar-refractivity contribution in [3.63, 3.8) is 0 Å². The van der Waals surface area contributed by atoms with Gasteiger partial charge in [0, 0.05) is 11.9 Å². The molecule has 0 saturated heterocycles. The number of halogens is 3. The summed E-state index contributed by atoms with van der Waals surface area (Å²) in [5.41, 5.74) is -0.164. The molecule has 0 bridgehead atoms. The highest BCUT2D eigenvalue weighted by atomic mass is 35.5. The zero-order valence-electron chi connectivity index (χ0n) is 13.8. The average molecular weight is 415 g/mol. The molecule has 0 saturated carbocycles. The molecule has 3 rings (SSSR count). The van der Waals surface area contributed by atoms with Crippen LogP contribution in [0.25, 0.3) is 5.69 Å². The number of aromatic nitrogens is 4. The van der Waals surface area contributed by atoms with E-state index in [-0.39, 0.29) is 23.6 Å². The molecule has 0 amide bonds. The number of benzene rings is 2. The van der Waals surface area contributed by atoms with E-state index in [1.807, 2.05) is 0 Å². The van der Waals surface area contributed by atoms with E-state index >= 15 is 0 Å². The van der Waals surface area contributed by atoms with Crippen LogP contribution in [0.15, 0.2) is 46.1 Å². The van der Waals surface area contributed by atoms with Gasteiger partial charge in [0.2, 0.25) is 0 Å². The molecular formula is C16H13ClF2N4O3S. The summed E-state index contributed by atoms with van der Waals surface area (Å²) in [6.45, 7) is -3.25. The third-order valence-electron chi connectivity index (χ3n) is 3.56. The molecular weight excluding hydrogens is 402 g/mol. The maximum atomic E-state index is 12.8. The third kappa shape index (κ3) is 4.22. The Labute approximate surface area is 162 Å². The number of aryl methyl sites for hydroxylation is 1. The Hall–Kier alpha value is -2.59. The predicted molar refractivity (Wildman–Crippen MR) is 96.3 cm³/mol. The molecule has 1 aromatic heterocycles. The Morgan fingerprint density at radius 2 is 2.00 bits per heavy atom. The van der Waals surface area contributed by atoms with E-state index in [1.165, 1.54) is 25.2 Å². The van der Waals surface area contributed by atoms with Gasteiger partial charge in [0.25, 0.3) is 0 Å². The monoisotopic (exact) mass is 414 g/mol. The van der Waals surface area contributed by atoms with E-state index in [0.29, 0.717) is 15.7 Å². The largest absolute Gasteiger partial charge is 0.487 e. The van der Waals surface area contributed by atoms with Crippen molar-refractivity contribution < 1.29 is 18.3 Å². The molecule has 1 heterocycles. The first-order valence-electron chi connectivity index (χ1n) is 7.54. The molecule has 0 aliphatic heterocycles. The van der Waals surface area contributed by atoms with Gasteiger partial charge >= 0.3 is 12.3 Å². The quantitative estimate of drug-likeness (QED) is 0.628. The number of ether oxygens (including phenoxy) is 2. The van der Waals surface area contributed by atoms with Crippen molar-refractivity contribution in [3.05, 3.63) is 57.5 Å². The van der Waals surface area contributed by atoms with E-state index in [4.69, 9.17) is 16.3 Å². The van der Waals surface area contributed by atoms with E-state index in [2.05, 4.69) is 27.8 Å². The lowest BCUT2D eigenvalue weighted by Gasteiger charge is -2.15.